The minimum Gasteiger partial charge on any atom is -0.541 e. The number of esters is 1. The van der Waals surface area contributed by atoms with Crippen LogP contribution in [0.3, 0.4) is 0 Å². The zero-order valence-corrected chi connectivity index (χ0v) is 15.1. The van der Waals surface area contributed by atoms with Crippen molar-refractivity contribution < 1.29 is 18.7 Å². The first-order valence-corrected chi connectivity index (χ1v) is 10.1. The molecule has 1 aromatic rings. The topological polar surface area (TPSA) is 44.8 Å². The second-order valence-corrected chi connectivity index (χ2v) is 11.2. The van der Waals surface area contributed by atoms with E-state index in [1.165, 1.54) is 0 Å². The van der Waals surface area contributed by atoms with Gasteiger partial charge in [-0.3, -0.25) is 0 Å². The number of hydrogen-bond acceptors (Lipinski definition) is 4. The molecule has 0 fully saturated rings. The van der Waals surface area contributed by atoms with Crippen LogP contribution < -0.4 is 9.16 Å². The number of carbonyl (C=O) groups is 1. The molecule has 0 aliphatic rings. The van der Waals surface area contributed by atoms with Gasteiger partial charge in [0.2, 0.25) is 0 Å². The van der Waals surface area contributed by atoms with Gasteiger partial charge >= 0.3 is 5.97 Å². The second kappa shape index (κ2) is 6.51. The summed E-state index contributed by atoms with van der Waals surface area (Å²) in [6.07, 6.45) is 0. The lowest BCUT2D eigenvalue weighted by Gasteiger charge is -2.36. The van der Waals surface area contributed by atoms with Gasteiger partial charge in [-0.15, -0.1) is 0 Å². The summed E-state index contributed by atoms with van der Waals surface area (Å²) in [5.74, 6) is 0.886. The molecule has 0 spiro atoms. The Bertz CT molecular complexity index is 503. The summed E-state index contributed by atoms with van der Waals surface area (Å²) in [5, 5.41) is 0.0951. The normalized spacial score (nSPS) is 12.0. The molecule has 4 nitrogen and oxygen atoms in total. The minimum absolute atomic E-state index is 0.0951. The number of ether oxygens (including phenoxy) is 2. The van der Waals surface area contributed by atoms with Gasteiger partial charge in [-0.05, 0) is 43.3 Å². The van der Waals surface area contributed by atoms with E-state index in [4.69, 9.17) is 13.9 Å². The number of methoxy groups -OCH3 is 1. The van der Waals surface area contributed by atoms with E-state index in [-0.39, 0.29) is 11.0 Å². The lowest BCUT2D eigenvalue weighted by molar-refractivity contribution is 0.0526. The molecule has 0 radical (unpaired) electrons. The van der Waals surface area contributed by atoms with Crippen LogP contribution in [0.5, 0.6) is 11.5 Å². The van der Waals surface area contributed by atoms with Crippen molar-refractivity contribution in [1.82, 2.24) is 0 Å². The Morgan fingerprint density at radius 1 is 1.19 bits per heavy atom. The number of carbonyl (C=O) groups excluding carboxylic acids is 1. The van der Waals surface area contributed by atoms with Crippen LogP contribution in [0.1, 0.15) is 38.1 Å². The van der Waals surface area contributed by atoms with Gasteiger partial charge in [0, 0.05) is 0 Å². The smallest absolute Gasteiger partial charge is 0.338 e. The predicted molar refractivity (Wildman–Crippen MR) is 86.8 cm³/mol. The van der Waals surface area contributed by atoms with Crippen molar-refractivity contribution in [3.05, 3.63) is 23.8 Å². The van der Waals surface area contributed by atoms with Gasteiger partial charge in [-0.1, -0.05) is 20.8 Å². The molecule has 0 unspecified atom stereocenters. The fourth-order valence-corrected chi connectivity index (χ4v) is 2.55. The Balaban J connectivity index is 3.08. The molecular formula is C16H26O4Si. The maximum Gasteiger partial charge on any atom is 0.338 e. The number of hydrogen-bond donors (Lipinski definition) is 0. The third kappa shape index (κ3) is 4.23. The van der Waals surface area contributed by atoms with E-state index < -0.39 is 8.32 Å². The first-order valence-electron chi connectivity index (χ1n) is 7.16. The molecule has 5 heteroatoms. The molecule has 0 saturated heterocycles. The van der Waals surface area contributed by atoms with Gasteiger partial charge < -0.3 is 13.9 Å². The molecule has 21 heavy (non-hydrogen) atoms. The van der Waals surface area contributed by atoms with Crippen LogP contribution in [-0.2, 0) is 4.74 Å². The quantitative estimate of drug-likeness (QED) is 0.602. The molecule has 0 saturated carbocycles. The van der Waals surface area contributed by atoms with Crippen molar-refractivity contribution in [2.24, 2.45) is 0 Å². The summed E-state index contributed by atoms with van der Waals surface area (Å²) < 4.78 is 16.6. The van der Waals surface area contributed by atoms with Crippen molar-refractivity contribution >= 4 is 14.3 Å². The fourth-order valence-electron chi connectivity index (χ4n) is 1.52. The van der Waals surface area contributed by atoms with Crippen LogP contribution in [0.2, 0.25) is 18.1 Å². The van der Waals surface area contributed by atoms with E-state index in [1.807, 2.05) is 0 Å². The van der Waals surface area contributed by atoms with Gasteiger partial charge in [0.15, 0.2) is 5.75 Å². The Hall–Kier alpha value is -1.49. The van der Waals surface area contributed by atoms with E-state index in [0.29, 0.717) is 23.7 Å². The van der Waals surface area contributed by atoms with Crippen LogP contribution in [0.4, 0.5) is 0 Å². The van der Waals surface area contributed by atoms with Gasteiger partial charge in [0.05, 0.1) is 19.3 Å². The molecule has 1 rings (SSSR count). The van der Waals surface area contributed by atoms with E-state index in [2.05, 4.69) is 33.9 Å². The number of rotatable bonds is 5. The molecule has 0 bridgehead atoms. The molecule has 0 amide bonds. The minimum atomic E-state index is -1.95. The largest absolute Gasteiger partial charge is 0.541 e. The summed E-state index contributed by atoms with van der Waals surface area (Å²) in [7, 11) is -0.377. The van der Waals surface area contributed by atoms with Gasteiger partial charge in [0.1, 0.15) is 5.75 Å². The van der Waals surface area contributed by atoms with Crippen molar-refractivity contribution in [2.75, 3.05) is 13.7 Å². The third-order valence-corrected chi connectivity index (χ3v) is 8.19. The monoisotopic (exact) mass is 310 g/mol. The highest BCUT2D eigenvalue weighted by atomic mass is 28.4. The molecule has 118 valence electrons. The molecule has 0 N–H and O–H groups in total. The van der Waals surface area contributed by atoms with Crippen molar-refractivity contribution in [3.8, 4) is 11.5 Å². The molecule has 0 aromatic heterocycles. The molecule has 0 aliphatic carbocycles. The van der Waals surface area contributed by atoms with Crippen LogP contribution in [0.25, 0.3) is 0 Å². The lowest BCUT2D eigenvalue weighted by Crippen LogP contribution is -2.43. The van der Waals surface area contributed by atoms with Crippen LogP contribution >= 0.6 is 0 Å². The van der Waals surface area contributed by atoms with E-state index in [0.717, 1.165) is 0 Å². The summed E-state index contributed by atoms with van der Waals surface area (Å²) in [5.41, 5.74) is 0.469. The first kappa shape index (κ1) is 17.6. The molecule has 0 atom stereocenters. The molecule has 1 aromatic carbocycles. The van der Waals surface area contributed by atoms with Crippen LogP contribution in [-0.4, -0.2) is 28.0 Å². The zero-order valence-electron chi connectivity index (χ0n) is 14.1. The van der Waals surface area contributed by atoms with Gasteiger partial charge in [-0.2, -0.15) is 0 Å². The van der Waals surface area contributed by atoms with Gasteiger partial charge in [-0.25, -0.2) is 4.79 Å². The van der Waals surface area contributed by atoms with E-state index in [9.17, 15) is 4.79 Å². The lowest BCUT2D eigenvalue weighted by atomic mass is 10.2. The number of benzene rings is 1. The van der Waals surface area contributed by atoms with Crippen LogP contribution in [0, 0.1) is 0 Å². The van der Waals surface area contributed by atoms with Crippen molar-refractivity contribution in [1.29, 1.82) is 0 Å². The summed E-state index contributed by atoms with van der Waals surface area (Å²) in [6, 6.07) is 5.16. The third-order valence-electron chi connectivity index (χ3n) is 3.85. The molecule has 0 heterocycles. The SMILES string of the molecule is CCOC(=O)c1ccc(O[Si](C)(C)C(C)(C)C)c(OC)c1. The fraction of sp³-hybridized carbons (Fsp3) is 0.562. The summed E-state index contributed by atoms with van der Waals surface area (Å²) >= 11 is 0. The zero-order chi connectivity index (χ0) is 16.3. The average Bonchev–Trinajstić information content (AvgIpc) is 2.37. The van der Waals surface area contributed by atoms with E-state index >= 15 is 0 Å². The summed E-state index contributed by atoms with van der Waals surface area (Å²) in [6.45, 7) is 13.0. The highest BCUT2D eigenvalue weighted by Crippen LogP contribution is 2.40. The molecule has 0 aliphatic heterocycles. The maximum atomic E-state index is 11.8. The molecular weight excluding hydrogens is 284 g/mol. The summed E-state index contributed by atoms with van der Waals surface area (Å²) in [4.78, 5) is 11.8. The highest BCUT2D eigenvalue weighted by molar-refractivity contribution is 6.74. The van der Waals surface area contributed by atoms with Gasteiger partial charge in [0.25, 0.3) is 8.32 Å². The standard InChI is InChI=1S/C16H26O4Si/c1-8-19-15(17)12-9-10-13(14(11-12)18-5)20-21(6,7)16(2,3)4/h9-11H,8H2,1-7H3. The second-order valence-electron chi connectivity index (χ2n) is 6.45. The highest BCUT2D eigenvalue weighted by Gasteiger charge is 2.39. The van der Waals surface area contributed by atoms with Crippen LogP contribution in [0.15, 0.2) is 18.2 Å². The van der Waals surface area contributed by atoms with E-state index in [1.54, 1.807) is 32.2 Å². The van der Waals surface area contributed by atoms with Crippen molar-refractivity contribution in [3.63, 3.8) is 0 Å². The average molecular weight is 310 g/mol. The first-order chi connectivity index (χ1) is 9.62. The Morgan fingerprint density at radius 3 is 2.29 bits per heavy atom. The Kier molecular flexibility index (Phi) is 5.45. The predicted octanol–water partition coefficient (Wildman–Crippen LogP) is 4.26. The maximum absolute atomic E-state index is 11.8. The Morgan fingerprint density at radius 2 is 1.81 bits per heavy atom. The van der Waals surface area contributed by atoms with Crippen molar-refractivity contribution in [2.45, 2.75) is 45.8 Å². The Labute approximate surface area is 128 Å².